The predicted octanol–water partition coefficient (Wildman–Crippen LogP) is 2.64. The number of piperidine rings is 1. The number of aryl methyl sites for hydroxylation is 1. The molecule has 0 bridgehead atoms. The maximum absolute atomic E-state index is 12.4. The minimum Gasteiger partial charge on any atom is -0.355 e. The highest BCUT2D eigenvalue weighted by Gasteiger charge is 2.57. The van der Waals surface area contributed by atoms with Gasteiger partial charge in [-0.2, -0.15) is 0 Å². The summed E-state index contributed by atoms with van der Waals surface area (Å²) < 4.78 is 0. The van der Waals surface area contributed by atoms with E-state index >= 15 is 0 Å². The zero-order valence-corrected chi connectivity index (χ0v) is 13.8. The first-order valence-corrected chi connectivity index (χ1v) is 8.35. The van der Waals surface area contributed by atoms with E-state index in [2.05, 4.69) is 34.9 Å². The Hall–Kier alpha value is -1.06. The largest absolute Gasteiger partial charge is 0.355 e. The van der Waals surface area contributed by atoms with E-state index in [1.807, 2.05) is 0 Å². The van der Waals surface area contributed by atoms with Crippen LogP contribution < -0.4 is 10.6 Å². The normalized spacial score (nSPS) is 27.8. The number of halogens is 1. The van der Waals surface area contributed by atoms with Gasteiger partial charge in [0, 0.05) is 18.4 Å². The van der Waals surface area contributed by atoms with E-state index in [9.17, 15) is 4.79 Å². The van der Waals surface area contributed by atoms with Crippen LogP contribution in [0.1, 0.15) is 42.7 Å². The Morgan fingerprint density at radius 1 is 1.27 bits per heavy atom. The number of hydrogen-bond acceptors (Lipinski definition) is 2. The van der Waals surface area contributed by atoms with E-state index in [0.29, 0.717) is 17.2 Å². The average Bonchev–Trinajstić information content (AvgIpc) is 3.05. The molecule has 1 aromatic rings. The molecular formula is C18H25ClN2O. The number of benzene rings is 1. The quantitative estimate of drug-likeness (QED) is 0.899. The Morgan fingerprint density at radius 2 is 2.05 bits per heavy atom. The molecule has 3 nitrogen and oxygen atoms in total. The van der Waals surface area contributed by atoms with Crippen LogP contribution in [-0.4, -0.2) is 25.5 Å². The molecule has 1 aromatic carbocycles. The second-order valence-corrected chi connectivity index (χ2v) is 7.05. The molecule has 2 N–H and O–H groups in total. The molecule has 3 aliphatic rings. The van der Waals surface area contributed by atoms with Gasteiger partial charge in [-0.15, -0.1) is 12.4 Å². The molecule has 1 saturated heterocycles. The van der Waals surface area contributed by atoms with Crippen LogP contribution >= 0.6 is 12.4 Å². The number of hydrogen-bond donors (Lipinski definition) is 2. The highest BCUT2D eigenvalue weighted by atomic mass is 35.5. The van der Waals surface area contributed by atoms with Crippen molar-refractivity contribution in [2.75, 3.05) is 19.6 Å². The van der Waals surface area contributed by atoms with Gasteiger partial charge in [0.2, 0.25) is 5.91 Å². The smallest absolute Gasteiger partial charge is 0.223 e. The highest BCUT2D eigenvalue weighted by Crippen LogP contribution is 2.58. The van der Waals surface area contributed by atoms with Crippen LogP contribution in [0.5, 0.6) is 0 Å². The third kappa shape index (κ3) is 2.77. The molecule has 0 radical (unpaired) electrons. The van der Waals surface area contributed by atoms with Gasteiger partial charge in [0.25, 0.3) is 0 Å². The molecule has 1 amide bonds. The zero-order valence-electron chi connectivity index (χ0n) is 12.9. The maximum Gasteiger partial charge on any atom is 0.223 e. The number of rotatable bonds is 3. The maximum atomic E-state index is 12.4. The van der Waals surface area contributed by atoms with Crippen molar-refractivity contribution < 1.29 is 4.79 Å². The monoisotopic (exact) mass is 320 g/mol. The van der Waals surface area contributed by atoms with Crippen LogP contribution in [0.2, 0.25) is 0 Å². The molecule has 0 aromatic heterocycles. The zero-order chi connectivity index (χ0) is 14.3. The fraction of sp³-hybridized carbons (Fsp3) is 0.611. The Morgan fingerprint density at radius 3 is 2.86 bits per heavy atom. The van der Waals surface area contributed by atoms with E-state index in [-0.39, 0.29) is 18.3 Å². The summed E-state index contributed by atoms with van der Waals surface area (Å²) >= 11 is 0. The minimum absolute atomic E-state index is 0. The van der Waals surface area contributed by atoms with E-state index in [1.165, 1.54) is 30.4 Å². The standard InChI is InChI=1S/C18H24N2O.ClH/c21-17(16-11-18(16)7-9-19-10-8-18)20-12-14-6-5-13-3-1-2-4-15(13)14;/h1-4,14,16,19H,5-12H2,(H,20,21);1H. The molecule has 2 fully saturated rings. The van der Waals surface area contributed by atoms with E-state index in [0.717, 1.165) is 32.5 Å². The van der Waals surface area contributed by atoms with Gasteiger partial charge in [0.05, 0.1) is 0 Å². The highest BCUT2D eigenvalue weighted by molar-refractivity contribution is 5.85. The van der Waals surface area contributed by atoms with Crippen molar-refractivity contribution in [3.63, 3.8) is 0 Å². The lowest BCUT2D eigenvalue weighted by Crippen LogP contribution is -2.34. The second-order valence-electron chi connectivity index (χ2n) is 7.05. The Labute approximate surface area is 138 Å². The lowest BCUT2D eigenvalue weighted by Gasteiger charge is -2.23. The summed E-state index contributed by atoms with van der Waals surface area (Å²) in [6, 6.07) is 8.68. The predicted molar refractivity (Wildman–Crippen MR) is 90.4 cm³/mol. The molecule has 1 saturated carbocycles. The molecule has 1 spiro atoms. The van der Waals surface area contributed by atoms with Crippen molar-refractivity contribution in [3.05, 3.63) is 35.4 Å². The van der Waals surface area contributed by atoms with Crippen LogP contribution in [-0.2, 0) is 11.2 Å². The van der Waals surface area contributed by atoms with Crippen molar-refractivity contribution in [3.8, 4) is 0 Å². The Balaban J connectivity index is 0.00000144. The fourth-order valence-electron chi connectivity index (χ4n) is 4.40. The van der Waals surface area contributed by atoms with Crippen molar-refractivity contribution in [1.29, 1.82) is 0 Å². The van der Waals surface area contributed by atoms with Gasteiger partial charge in [-0.1, -0.05) is 24.3 Å². The van der Waals surface area contributed by atoms with Crippen LogP contribution in [0, 0.1) is 11.3 Å². The van der Waals surface area contributed by atoms with Gasteiger partial charge in [-0.3, -0.25) is 4.79 Å². The summed E-state index contributed by atoms with van der Waals surface area (Å²) in [5.74, 6) is 1.12. The Bertz CT molecular complexity index is 554. The topological polar surface area (TPSA) is 41.1 Å². The number of amides is 1. The Kier molecular flexibility index (Phi) is 4.47. The number of carbonyl (C=O) groups is 1. The molecular weight excluding hydrogens is 296 g/mol. The lowest BCUT2D eigenvalue weighted by molar-refractivity contribution is -0.123. The van der Waals surface area contributed by atoms with Crippen LogP contribution in [0.3, 0.4) is 0 Å². The first-order valence-electron chi connectivity index (χ1n) is 8.35. The van der Waals surface area contributed by atoms with Crippen molar-refractivity contribution >= 4 is 18.3 Å². The van der Waals surface area contributed by atoms with Crippen LogP contribution in [0.4, 0.5) is 0 Å². The van der Waals surface area contributed by atoms with Crippen LogP contribution in [0.25, 0.3) is 0 Å². The van der Waals surface area contributed by atoms with Crippen LogP contribution in [0.15, 0.2) is 24.3 Å². The lowest BCUT2D eigenvalue weighted by atomic mass is 9.91. The molecule has 4 heteroatoms. The summed E-state index contributed by atoms with van der Waals surface area (Å²) in [7, 11) is 0. The van der Waals surface area contributed by atoms with Gasteiger partial charge in [-0.25, -0.2) is 0 Å². The molecule has 4 rings (SSSR count). The molecule has 1 heterocycles. The third-order valence-electron chi connectivity index (χ3n) is 5.89. The summed E-state index contributed by atoms with van der Waals surface area (Å²) in [6.45, 7) is 2.99. The van der Waals surface area contributed by atoms with Gasteiger partial charge >= 0.3 is 0 Å². The van der Waals surface area contributed by atoms with Crippen molar-refractivity contribution in [1.82, 2.24) is 10.6 Å². The summed E-state index contributed by atoms with van der Waals surface area (Å²) in [4.78, 5) is 12.4. The average molecular weight is 321 g/mol. The third-order valence-corrected chi connectivity index (χ3v) is 5.89. The summed E-state index contributed by atoms with van der Waals surface area (Å²) in [5.41, 5.74) is 3.27. The second kappa shape index (κ2) is 6.21. The number of carbonyl (C=O) groups excluding carboxylic acids is 1. The first-order chi connectivity index (χ1) is 10.3. The van der Waals surface area contributed by atoms with Crippen molar-refractivity contribution in [2.24, 2.45) is 11.3 Å². The molecule has 120 valence electrons. The number of nitrogens with one attached hydrogen (secondary N) is 2. The van der Waals surface area contributed by atoms with Crippen molar-refractivity contribution in [2.45, 2.75) is 38.0 Å². The van der Waals surface area contributed by atoms with E-state index in [1.54, 1.807) is 0 Å². The molecule has 2 unspecified atom stereocenters. The minimum atomic E-state index is 0. The fourth-order valence-corrected chi connectivity index (χ4v) is 4.40. The SMILES string of the molecule is Cl.O=C(NCC1CCc2ccccc21)C1CC12CCNCC2. The summed E-state index contributed by atoms with van der Waals surface area (Å²) in [5, 5.41) is 6.64. The molecule has 1 aliphatic heterocycles. The van der Waals surface area contributed by atoms with Gasteiger partial charge < -0.3 is 10.6 Å². The number of fused-ring (bicyclic) bond motifs is 1. The molecule has 22 heavy (non-hydrogen) atoms. The van der Waals surface area contributed by atoms with Gasteiger partial charge in [0.1, 0.15) is 0 Å². The van der Waals surface area contributed by atoms with E-state index in [4.69, 9.17) is 0 Å². The van der Waals surface area contributed by atoms with Gasteiger partial charge in [-0.05, 0) is 61.7 Å². The first kappa shape index (κ1) is 15.8. The molecule has 2 aliphatic carbocycles. The molecule has 2 atom stereocenters. The van der Waals surface area contributed by atoms with E-state index < -0.39 is 0 Å². The summed E-state index contributed by atoms with van der Waals surface area (Å²) in [6.07, 6.45) is 5.81. The van der Waals surface area contributed by atoms with Gasteiger partial charge in [0.15, 0.2) is 0 Å².